The molecule has 6 N–H and O–H groups in total. The fraction of sp³-hybridized carbons (Fsp3) is 0.733. The third-order valence-corrected chi connectivity index (χ3v) is 3.74. The van der Waals surface area contributed by atoms with Crippen LogP contribution in [0.25, 0.3) is 0 Å². The van der Waals surface area contributed by atoms with Crippen LogP contribution in [0, 0.1) is 5.92 Å². The van der Waals surface area contributed by atoms with Crippen LogP contribution in [0.3, 0.4) is 0 Å². The molecule has 0 aliphatic carbocycles. The van der Waals surface area contributed by atoms with Gasteiger partial charge in [-0.05, 0) is 31.7 Å². The SMILES string of the molecule is CC(C)CC(NC(=O)C(CC(N)=O)NC(=O)C1CCCN1)C(=O)O. The van der Waals surface area contributed by atoms with Gasteiger partial charge >= 0.3 is 5.97 Å². The van der Waals surface area contributed by atoms with Crippen molar-refractivity contribution in [3.05, 3.63) is 0 Å². The lowest BCUT2D eigenvalue weighted by Crippen LogP contribution is -2.55. The summed E-state index contributed by atoms with van der Waals surface area (Å²) in [6, 6.07) is -2.69. The number of nitrogens with one attached hydrogen (secondary N) is 3. The number of carbonyl (C=O) groups is 4. The highest BCUT2D eigenvalue weighted by Crippen LogP contribution is 2.08. The van der Waals surface area contributed by atoms with Crippen LogP contribution >= 0.6 is 0 Å². The van der Waals surface area contributed by atoms with Crippen molar-refractivity contribution in [3.8, 4) is 0 Å². The zero-order valence-electron chi connectivity index (χ0n) is 14.0. The van der Waals surface area contributed by atoms with Gasteiger partial charge in [0.1, 0.15) is 12.1 Å². The normalized spacial score (nSPS) is 19.5. The highest BCUT2D eigenvalue weighted by molar-refractivity contribution is 5.94. The maximum Gasteiger partial charge on any atom is 0.326 e. The number of carboxylic acid groups (broad SMARTS) is 1. The summed E-state index contributed by atoms with van der Waals surface area (Å²) >= 11 is 0. The quantitative estimate of drug-likeness (QED) is 0.352. The van der Waals surface area contributed by atoms with Crippen molar-refractivity contribution in [1.82, 2.24) is 16.0 Å². The molecule has 9 nitrogen and oxygen atoms in total. The number of carboxylic acids is 1. The van der Waals surface area contributed by atoms with E-state index < -0.39 is 48.2 Å². The van der Waals surface area contributed by atoms with Gasteiger partial charge in [-0.25, -0.2) is 4.79 Å². The highest BCUT2D eigenvalue weighted by atomic mass is 16.4. The molecule has 0 spiro atoms. The Morgan fingerprint density at radius 2 is 1.88 bits per heavy atom. The van der Waals surface area contributed by atoms with Crippen molar-refractivity contribution in [2.24, 2.45) is 11.7 Å². The van der Waals surface area contributed by atoms with Gasteiger partial charge in [-0.3, -0.25) is 14.4 Å². The summed E-state index contributed by atoms with van der Waals surface area (Å²) in [7, 11) is 0. The van der Waals surface area contributed by atoms with E-state index in [1.807, 2.05) is 13.8 Å². The fourth-order valence-electron chi connectivity index (χ4n) is 2.56. The van der Waals surface area contributed by atoms with E-state index in [2.05, 4.69) is 16.0 Å². The van der Waals surface area contributed by atoms with Crippen LogP contribution in [-0.2, 0) is 19.2 Å². The average Bonchev–Trinajstić information content (AvgIpc) is 2.98. The smallest absolute Gasteiger partial charge is 0.326 e. The van der Waals surface area contributed by atoms with Crippen LogP contribution in [0.15, 0.2) is 0 Å². The Labute approximate surface area is 140 Å². The zero-order chi connectivity index (χ0) is 18.3. The molecule has 0 aromatic heterocycles. The van der Waals surface area contributed by atoms with E-state index in [1.165, 1.54) is 0 Å². The summed E-state index contributed by atoms with van der Waals surface area (Å²) < 4.78 is 0. The van der Waals surface area contributed by atoms with Crippen LogP contribution in [-0.4, -0.2) is 53.5 Å². The van der Waals surface area contributed by atoms with Gasteiger partial charge in [0.15, 0.2) is 0 Å². The molecule has 0 saturated carbocycles. The molecular weight excluding hydrogens is 316 g/mol. The second-order valence-corrected chi connectivity index (χ2v) is 6.41. The van der Waals surface area contributed by atoms with Crippen LogP contribution in [0.5, 0.6) is 0 Å². The number of primary amides is 1. The monoisotopic (exact) mass is 342 g/mol. The van der Waals surface area contributed by atoms with Crippen molar-refractivity contribution >= 4 is 23.7 Å². The largest absolute Gasteiger partial charge is 0.480 e. The number of rotatable bonds is 9. The Kier molecular flexibility index (Phi) is 7.63. The first-order valence-electron chi connectivity index (χ1n) is 8.06. The molecule has 0 bridgehead atoms. The molecule has 3 atom stereocenters. The van der Waals surface area contributed by atoms with Gasteiger partial charge in [-0.2, -0.15) is 0 Å². The van der Waals surface area contributed by atoms with Gasteiger partial charge in [0.05, 0.1) is 12.5 Å². The fourth-order valence-corrected chi connectivity index (χ4v) is 2.56. The van der Waals surface area contributed by atoms with Crippen molar-refractivity contribution in [3.63, 3.8) is 0 Å². The molecule has 1 aliphatic rings. The first-order valence-corrected chi connectivity index (χ1v) is 8.06. The lowest BCUT2D eigenvalue weighted by molar-refractivity contribution is -0.142. The first kappa shape index (κ1) is 19.9. The Bertz CT molecular complexity index is 488. The van der Waals surface area contributed by atoms with Crippen molar-refractivity contribution in [2.75, 3.05) is 6.54 Å². The number of carbonyl (C=O) groups excluding carboxylic acids is 3. The van der Waals surface area contributed by atoms with E-state index in [9.17, 15) is 24.3 Å². The minimum atomic E-state index is -1.19. The van der Waals surface area contributed by atoms with Gasteiger partial charge in [0, 0.05) is 0 Å². The van der Waals surface area contributed by atoms with Crippen molar-refractivity contribution < 1.29 is 24.3 Å². The van der Waals surface area contributed by atoms with Crippen LogP contribution in [0.4, 0.5) is 0 Å². The lowest BCUT2D eigenvalue weighted by atomic mass is 10.0. The number of aliphatic carboxylic acids is 1. The maximum atomic E-state index is 12.3. The van der Waals surface area contributed by atoms with Crippen LogP contribution in [0.2, 0.25) is 0 Å². The zero-order valence-corrected chi connectivity index (χ0v) is 14.0. The molecule has 3 unspecified atom stereocenters. The Morgan fingerprint density at radius 3 is 2.33 bits per heavy atom. The standard InChI is InChI=1S/C15H26N4O5/c1-8(2)6-11(15(23)24)19-14(22)10(7-12(16)20)18-13(21)9-4-3-5-17-9/h8-11,17H,3-7H2,1-2H3,(H2,16,20)(H,18,21)(H,19,22)(H,23,24). The summed E-state index contributed by atoms with van der Waals surface area (Å²) in [5.41, 5.74) is 5.13. The van der Waals surface area contributed by atoms with E-state index in [1.54, 1.807) is 0 Å². The molecule has 24 heavy (non-hydrogen) atoms. The van der Waals surface area contributed by atoms with Crippen LogP contribution < -0.4 is 21.7 Å². The maximum absolute atomic E-state index is 12.3. The van der Waals surface area contributed by atoms with E-state index >= 15 is 0 Å². The predicted molar refractivity (Wildman–Crippen MR) is 85.8 cm³/mol. The minimum absolute atomic E-state index is 0.0540. The number of amides is 3. The van der Waals surface area contributed by atoms with E-state index in [4.69, 9.17) is 5.73 Å². The van der Waals surface area contributed by atoms with Gasteiger partial charge < -0.3 is 26.8 Å². The average molecular weight is 342 g/mol. The molecule has 9 heteroatoms. The predicted octanol–water partition coefficient (Wildman–Crippen LogP) is -1.29. The molecular formula is C15H26N4O5. The minimum Gasteiger partial charge on any atom is -0.480 e. The van der Waals surface area contributed by atoms with Crippen molar-refractivity contribution in [2.45, 2.75) is 57.7 Å². The van der Waals surface area contributed by atoms with Gasteiger partial charge in [-0.15, -0.1) is 0 Å². The number of nitrogens with two attached hydrogens (primary N) is 1. The summed E-state index contributed by atoms with van der Waals surface area (Å²) in [5.74, 6) is -3.00. The van der Waals surface area contributed by atoms with Gasteiger partial charge in [0.25, 0.3) is 0 Å². The number of hydrogen-bond donors (Lipinski definition) is 5. The molecule has 1 rings (SSSR count). The van der Waals surface area contributed by atoms with Gasteiger partial charge in [-0.1, -0.05) is 13.8 Å². The van der Waals surface area contributed by atoms with Crippen molar-refractivity contribution in [1.29, 1.82) is 0 Å². The lowest BCUT2D eigenvalue weighted by Gasteiger charge is -2.22. The van der Waals surface area contributed by atoms with E-state index in [-0.39, 0.29) is 12.3 Å². The second kappa shape index (κ2) is 9.21. The highest BCUT2D eigenvalue weighted by Gasteiger charge is 2.30. The van der Waals surface area contributed by atoms with Gasteiger partial charge in [0.2, 0.25) is 17.7 Å². The molecule has 3 amide bonds. The third kappa shape index (κ3) is 6.53. The first-order chi connectivity index (χ1) is 11.2. The van der Waals surface area contributed by atoms with E-state index in [0.29, 0.717) is 13.0 Å². The molecule has 136 valence electrons. The molecule has 1 aliphatic heterocycles. The molecule has 0 aromatic rings. The summed E-state index contributed by atoms with van der Waals surface area (Å²) in [4.78, 5) is 46.8. The van der Waals surface area contributed by atoms with E-state index in [0.717, 1.165) is 6.42 Å². The van der Waals surface area contributed by atoms with Crippen LogP contribution in [0.1, 0.15) is 39.5 Å². The molecule has 1 fully saturated rings. The second-order valence-electron chi connectivity index (χ2n) is 6.41. The molecule has 1 saturated heterocycles. The molecule has 0 radical (unpaired) electrons. The number of hydrogen-bond acceptors (Lipinski definition) is 5. The summed E-state index contributed by atoms with van der Waals surface area (Å²) in [5, 5.41) is 17.0. The Hall–Kier alpha value is -2.16. The Balaban J connectivity index is 2.73. The molecule has 1 heterocycles. The topological polar surface area (TPSA) is 151 Å². The third-order valence-electron chi connectivity index (χ3n) is 3.74. The Morgan fingerprint density at radius 1 is 1.21 bits per heavy atom. The molecule has 0 aromatic carbocycles. The summed E-state index contributed by atoms with van der Waals surface area (Å²) in [6.45, 7) is 4.37. The summed E-state index contributed by atoms with van der Waals surface area (Å²) in [6.07, 6.45) is 1.34.